The highest BCUT2D eigenvalue weighted by Gasteiger charge is 2.25. The maximum atomic E-state index is 13.1. The van der Waals surface area contributed by atoms with Gasteiger partial charge in [-0.1, -0.05) is 0 Å². The summed E-state index contributed by atoms with van der Waals surface area (Å²) < 4.78 is 10.3. The Morgan fingerprint density at radius 2 is 1.12 bits per heavy atom. The molecule has 294 valence electrons. The number of hydrogen-bond donors (Lipinski definition) is 8. The molecule has 1 aromatic heterocycles. The van der Waals surface area contributed by atoms with Gasteiger partial charge in [0.1, 0.15) is 17.9 Å². The van der Waals surface area contributed by atoms with Crippen LogP contribution in [0.25, 0.3) is 0 Å². The fourth-order valence-corrected chi connectivity index (χ4v) is 5.29. The summed E-state index contributed by atoms with van der Waals surface area (Å²) in [6.45, 7) is 0. The van der Waals surface area contributed by atoms with E-state index in [0.717, 1.165) is 13.2 Å². The molecule has 0 radical (unpaired) electrons. The Balaban J connectivity index is 1.20. The minimum Gasteiger partial charge on any atom is -0.504 e. The zero-order chi connectivity index (χ0) is 41.9. The van der Waals surface area contributed by atoms with E-state index in [4.69, 9.17) is 9.47 Å². The van der Waals surface area contributed by atoms with E-state index in [1.165, 1.54) is 92.6 Å². The largest absolute Gasteiger partial charge is 0.504 e. The lowest BCUT2D eigenvalue weighted by atomic mass is 10.1. The number of aromatic hydroxyl groups is 2. The molecule has 0 aliphatic carbocycles. The highest BCUT2D eigenvalue weighted by molar-refractivity contribution is 6.10. The second kappa shape index (κ2) is 18.2. The summed E-state index contributed by atoms with van der Waals surface area (Å²) in [6.07, 6.45) is 3.62. The van der Waals surface area contributed by atoms with Crippen LogP contribution in [0, 0.1) is 11.3 Å². The number of ether oxygens (including phenoxy) is 2. The average molecular weight is 789 g/mol. The van der Waals surface area contributed by atoms with E-state index < -0.39 is 58.6 Å². The van der Waals surface area contributed by atoms with Gasteiger partial charge in [-0.2, -0.15) is 5.26 Å². The maximum Gasteiger partial charge on any atom is 0.339 e. The molecule has 5 rings (SSSR count). The molecule has 19 nitrogen and oxygen atoms in total. The first-order chi connectivity index (χ1) is 27.8. The van der Waals surface area contributed by atoms with E-state index in [1.807, 2.05) is 6.07 Å². The number of carboxylic acid groups (broad SMARTS) is 1. The lowest BCUT2D eigenvalue weighted by Gasteiger charge is -2.17. The molecule has 0 spiro atoms. The zero-order valence-electron chi connectivity index (χ0n) is 30.4. The van der Waals surface area contributed by atoms with Crippen LogP contribution < -0.4 is 36.1 Å². The molecule has 0 fully saturated rings. The van der Waals surface area contributed by atoms with Gasteiger partial charge in [-0.15, -0.1) is 0 Å². The number of hydrogen-bond acceptors (Lipinski definition) is 13. The summed E-state index contributed by atoms with van der Waals surface area (Å²) >= 11 is 0. The van der Waals surface area contributed by atoms with Crippen molar-refractivity contribution < 1.29 is 53.6 Å². The van der Waals surface area contributed by atoms with Crippen LogP contribution in [0.1, 0.15) is 58.2 Å². The van der Waals surface area contributed by atoms with Crippen LogP contribution in [-0.4, -0.2) is 81.1 Å². The van der Waals surface area contributed by atoms with E-state index in [-0.39, 0.29) is 57.2 Å². The first kappa shape index (κ1) is 40.7. The number of aromatic carboxylic acids is 1. The SMILES string of the molecule is COc1c(NC(=O)c2ccc(NC(=O)c3ccc(NC(=O)C(CC#N)NC(=O)c4ccc(NC(=O)c5cncnc5)cc4)cc3)c(OC)c2O)ccc(C(=O)O)c1O. The Labute approximate surface area is 328 Å². The molecule has 0 bridgehead atoms. The molecular weight excluding hydrogens is 756 g/mol. The van der Waals surface area contributed by atoms with Crippen LogP contribution in [0.15, 0.2) is 91.5 Å². The predicted octanol–water partition coefficient (Wildman–Crippen LogP) is 4.01. The van der Waals surface area contributed by atoms with Crippen molar-refractivity contribution in [2.75, 3.05) is 35.5 Å². The number of amides is 5. The second-order valence-corrected chi connectivity index (χ2v) is 11.9. The number of rotatable bonds is 14. The number of benzene rings is 4. The normalized spacial score (nSPS) is 10.8. The van der Waals surface area contributed by atoms with Gasteiger partial charge in [0.2, 0.25) is 5.91 Å². The molecule has 19 heteroatoms. The standard InChI is InChI=1S/C39H32N8O11/c1-57-32-27(13-11-25(30(32)48)37(53)46-28-14-12-26(39(55)56)31(49)33(28)58-2)45-34(50)20-5-9-24(10-6-20)44-38(54)29(15-16-40)47-35(51)21-3-7-23(8-4-21)43-36(52)22-17-41-19-42-18-22/h3-14,17-19,29,48-49H,15H2,1-2H3,(H,43,52)(H,44,54)(H,45,50)(H,46,53)(H,47,51)(H,55,56). The van der Waals surface area contributed by atoms with Gasteiger partial charge in [0.25, 0.3) is 23.6 Å². The van der Waals surface area contributed by atoms with Gasteiger partial charge in [0.15, 0.2) is 23.0 Å². The summed E-state index contributed by atoms with van der Waals surface area (Å²) in [5.41, 5.74) is 0.240. The molecule has 5 aromatic rings. The van der Waals surface area contributed by atoms with Gasteiger partial charge in [-0.05, 0) is 72.8 Å². The molecule has 1 atom stereocenters. The fraction of sp³-hybridized carbons (Fsp3) is 0.103. The summed E-state index contributed by atoms with van der Waals surface area (Å²) in [6, 6.07) is 16.7. The minimum absolute atomic E-state index is 0.0169. The van der Waals surface area contributed by atoms with Crippen molar-refractivity contribution in [3.8, 4) is 29.1 Å². The number of nitrogens with zero attached hydrogens (tertiary/aromatic N) is 3. The van der Waals surface area contributed by atoms with Gasteiger partial charge >= 0.3 is 5.97 Å². The quantitative estimate of drug-likeness (QED) is 0.0789. The molecular formula is C39H32N8O11. The molecule has 5 amide bonds. The Hall–Kier alpha value is -8.53. The lowest BCUT2D eigenvalue weighted by Crippen LogP contribution is -2.43. The van der Waals surface area contributed by atoms with Gasteiger partial charge in [0, 0.05) is 34.9 Å². The molecule has 0 aliphatic rings. The van der Waals surface area contributed by atoms with Gasteiger partial charge < -0.3 is 51.4 Å². The monoisotopic (exact) mass is 788 g/mol. The third-order valence-electron chi connectivity index (χ3n) is 8.20. The Bertz CT molecular complexity index is 2440. The van der Waals surface area contributed by atoms with Crippen molar-refractivity contribution in [2.24, 2.45) is 0 Å². The number of anilines is 4. The maximum absolute atomic E-state index is 13.1. The van der Waals surface area contributed by atoms with E-state index in [1.54, 1.807) is 0 Å². The van der Waals surface area contributed by atoms with Crippen LogP contribution in [0.2, 0.25) is 0 Å². The first-order valence-electron chi connectivity index (χ1n) is 16.8. The van der Waals surface area contributed by atoms with Gasteiger partial charge in [-0.25, -0.2) is 14.8 Å². The number of nitriles is 1. The van der Waals surface area contributed by atoms with Gasteiger partial charge in [0.05, 0.1) is 49.2 Å². The molecule has 1 unspecified atom stereocenters. The van der Waals surface area contributed by atoms with E-state index in [9.17, 15) is 49.3 Å². The molecule has 0 aliphatic heterocycles. The average Bonchev–Trinajstić information content (AvgIpc) is 3.21. The Kier molecular flexibility index (Phi) is 12.8. The van der Waals surface area contributed by atoms with Crippen molar-refractivity contribution in [3.05, 3.63) is 119 Å². The number of carbonyl (C=O) groups is 6. The van der Waals surface area contributed by atoms with Crippen LogP contribution in [-0.2, 0) is 4.79 Å². The minimum atomic E-state index is -1.42. The number of carboxylic acids is 1. The highest BCUT2D eigenvalue weighted by Crippen LogP contribution is 2.40. The molecule has 0 saturated carbocycles. The number of phenolic OH excluding ortho intramolecular Hbond substituents is 1. The van der Waals surface area contributed by atoms with Crippen molar-refractivity contribution in [3.63, 3.8) is 0 Å². The number of nitrogens with one attached hydrogen (secondary N) is 5. The zero-order valence-corrected chi connectivity index (χ0v) is 30.4. The van der Waals surface area contributed by atoms with E-state index >= 15 is 0 Å². The smallest absolute Gasteiger partial charge is 0.339 e. The number of carbonyl (C=O) groups excluding carboxylic acids is 5. The number of aromatic nitrogens is 2. The van der Waals surface area contributed by atoms with Crippen molar-refractivity contribution in [1.29, 1.82) is 5.26 Å². The molecule has 0 saturated heterocycles. The van der Waals surface area contributed by atoms with Gasteiger partial charge in [-0.3, -0.25) is 24.0 Å². The van der Waals surface area contributed by atoms with E-state index in [2.05, 4.69) is 36.6 Å². The van der Waals surface area contributed by atoms with Crippen molar-refractivity contribution >= 4 is 58.3 Å². The predicted molar refractivity (Wildman–Crippen MR) is 205 cm³/mol. The topological polar surface area (TPSA) is 291 Å². The molecule has 4 aromatic carbocycles. The summed E-state index contributed by atoms with van der Waals surface area (Å²) in [5, 5.41) is 52.5. The third-order valence-corrected chi connectivity index (χ3v) is 8.20. The molecule has 1 heterocycles. The van der Waals surface area contributed by atoms with Crippen LogP contribution in [0.3, 0.4) is 0 Å². The van der Waals surface area contributed by atoms with Crippen molar-refractivity contribution in [2.45, 2.75) is 12.5 Å². The van der Waals surface area contributed by atoms with Crippen molar-refractivity contribution in [1.82, 2.24) is 15.3 Å². The molecule has 58 heavy (non-hydrogen) atoms. The lowest BCUT2D eigenvalue weighted by molar-refractivity contribution is -0.117. The fourth-order valence-electron chi connectivity index (χ4n) is 5.29. The number of phenols is 2. The van der Waals surface area contributed by atoms with Crippen LogP contribution in [0.4, 0.5) is 22.7 Å². The highest BCUT2D eigenvalue weighted by atomic mass is 16.5. The summed E-state index contributed by atoms with van der Waals surface area (Å²) in [5.74, 6) is -6.77. The Morgan fingerprint density at radius 3 is 1.66 bits per heavy atom. The summed E-state index contributed by atoms with van der Waals surface area (Å²) in [7, 11) is 2.35. The van der Waals surface area contributed by atoms with Crippen LogP contribution >= 0.6 is 0 Å². The Morgan fingerprint density at radius 1 is 0.638 bits per heavy atom. The third kappa shape index (κ3) is 9.39. The van der Waals surface area contributed by atoms with Crippen LogP contribution in [0.5, 0.6) is 23.0 Å². The summed E-state index contributed by atoms with van der Waals surface area (Å²) in [4.78, 5) is 83.5. The number of methoxy groups -OCH3 is 2. The van der Waals surface area contributed by atoms with E-state index in [0.29, 0.717) is 5.69 Å². The first-order valence-corrected chi connectivity index (χ1v) is 16.8. The molecule has 8 N–H and O–H groups in total. The second-order valence-electron chi connectivity index (χ2n) is 11.9.